The second kappa shape index (κ2) is 10.3. The minimum absolute atomic E-state index is 0.161. The molecule has 2 N–H and O–H groups in total. The first kappa shape index (κ1) is 23.8. The Morgan fingerprint density at radius 1 is 0.943 bits per heavy atom. The molecule has 1 aromatic heterocycles. The largest absolute Gasteiger partial charge is 0.487 e. The molecular weight excluding hydrogens is 468 g/mol. The van der Waals surface area contributed by atoms with E-state index >= 15 is 0 Å². The van der Waals surface area contributed by atoms with Crippen molar-refractivity contribution in [3.8, 4) is 11.4 Å². The van der Waals surface area contributed by atoms with Crippen molar-refractivity contribution in [3.05, 3.63) is 123 Å². The highest BCUT2D eigenvalue weighted by atomic mass is 35.5. The Kier molecular flexibility index (Phi) is 6.98. The fourth-order valence-corrected chi connectivity index (χ4v) is 3.57. The number of anilines is 1. The molecule has 0 radical (unpaired) electrons. The van der Waals surface area contributed by atoms with Gasteiger partial charge in [0, 0.05) is 28.5 Å². The van der Waals surface area contributed by atoms with Crippen molar-refractivity contribution in [3.63, 3.8) is 0 Å². The van der Waals surface area contributed by atoms with Crippen molar-refractivity contribution >= 4 is 29.2 Å². The number of carboxylic acid groups (broad SMARTS) is 1. The van der Waals surface area contributed by atoms with Gasteiger partial charge in [0.1, 0.15) is 12.4 Å². The van der Waals surface area contributed by atoms with E-state index in [-0.39, 0.29) is 23.6 Å². The van der Waals surface area contributed by atoms with Crippen molar-refractivity contribution in [2.45, 2.75) is 13.5 Å². The standard InChI is InChI=1S/C27H21ClN2O5/c1-17-2-13-25(31)30(15-17)22-10-7-19(8-11-22)26(32)29-23-14-21(28)9-12-24(23)35-16-18-3-5-20(6-4-18)27(33)34/h2-15H,16H2,1H3,(H,29,32)(H,33,34). The van der Waals surface area contributed by atoms with Gasteiger partial charge in [0.25, 0.3) is 11.5 Å². The van der Waals surface area contributed by atoms with E-state index < -0.39 is 5.97 Å². The van der Waals surface area contributed by atoms with Gasteiger partial charge in [-0.05, 0) is 72.6 Å². The molecule has 0 spiro atoms. The number of nitrogens with zero attached hydrogens (tertiary/aromatic N) is 1. The minimum Gasteiger partial charge on any atom is -0.487 e. The number of carbonyl (C=O) groups is 2. The summed E-state index contributed by atoms with van der Waals surface area (Å²) in [6.07, 6.45) is 1.74. The van der Waals surface area contributed by atoms with Crippen LogP contribution in [0, 0.1) is 6.92 Å². The van der Waals surface area contributed by atoms with Crippen molar-refractivity contribution in [1.82, 2.24) is 4.57 Å². The van der Waals surface area contributed by atoms with Crippen LogP contribution in [0.3, 0.4) is 0 Å². The van der Waals surface area contributed by atoms with Gasteiger partial charge in [-0.2, -0.15) is 0 Å². The zero-order valence-electron chi connectivity index (χ0n) is 18.7. The number of pyridine rings is 1. The highest BCUT2D eigenvalue weighted by Gasteiger charge is 2.12. The van der Waals surface area contributed by atoms with Gasteiger partial charge in [-0.1, -0.05) is 29.8 Å². The molecule has 0 aliphatic heterocycles. The number of nitrogens with one attached hydrogen (secondary N) is 1. The molecule has 176 valence electrons. The topological polar surface area (TPSA) is 97.6 Å². The molecule has 0 unspecified atom stereocenters. The number of carbonyl (C=O) groups excluding carboxylic acids is 1. The molecule has 0 fully saturated rings. The second-order valence-electron chi connectivity index (χ2n) is 7.85. The molecule has 0 saturated carbocycles. The number of halogens is 1. The summed E-state index contributed by atoms with van der Waals surface area (Å²) in [5.74, 6) is -0.960. The SMILES string of the molecule is Cc1ccc(=O)n(-c2ccc(C(=O)Nc3cc(Cl)ccc3OCc3ccc(C(=O)O)cc3)cc2)c1. The second-order valence-corrected chi connectivity index (χ2v) is 8.28. The Hall–Kier alpha value is -4.36. The van der Waals surface area contributed by atoms with Crippen molar-refractivity contribution in [2.24, 2.45) is 0 Å². The number of ether oxygens (including phenoxy) is 1. The molecule has 8 heteroatoms. The zero-order valence-corrected chi connectivity index (χ0v) is 19.5. The summed E-state index contributed by atoms with van der Waals surface area (Å²) < 4.78 is 7.37. The fourth-order valence-electron chi connectivity index (χ4n) is 3.39. The normalized spacial score (nSPS) is 10.6. The summed E-state index contributed by atoms with van der Waals surface area (Å²) in [5, 5.41) is 12.3. The van der Waals surface area contributed by atoms with Crippen LogP contribution in [0.2, 0.25) is 5.02 Å². The third kappa shape index (κ3) is 5.77. The molecule has 0 saturated heterocycles. The van der Waals surface area contributed by atoms with Crippen molar-refractivity contribution in [2.75, 3.05) is 5.32 Å². The lowest BCUT2D eigenvalue weighted by molar-refractivity contribution is 0.0696. The Morgan fingerprint density at radius 3 is 2.31 bits per heavy atom. The van der Waals surface area contributed by atoms with Gasteiger partial charge in [-0.3, -0.25) is 14.2 Å². The number of hydrogen-bond donors (Lipinski definition) is 2. The first-order chi connectivity index (χ1) is 16.8. The summed E-state index contributed by atoms with van der Waals surface area (Å²) in [6, 6.07) is 21.1. The van der Waals surface area contributed by atoms with Gasteiger partial charge in [0.05, 0.1) is 11.3 Å². The van der Waals surface area contributed by atoms with Gasteiger partial charge in [0.15, 0.2) is 0 Å². The first-order valence-corrected chi connectivity index (χ1v) is 11.0. The molecule has 0 aliphatic rings. The van der Waals surface area contributed by atoms with Crippen molar-refractivity contribution < 1.29 is 19.4 Å². The number of rotatable bonds is 7. The maximum Gasteiger partial charge on any atom is 0.335 e. The third-order valence-corrected chi connectivity index (χ3v) is 5.49. The number of aryl methyl sites for hydroxylation is 1. The Morgan fingerprint density at radius 2 is 1.63 bits per heavy atom. The summed E-state index contributed by atoms with van der Waals surface area (Å²) in [5.41, 5.74) is 3.17. The van der Waals surface area contributed by atoms with Crippen LogP contribution >= 0.6 is 11.6 Å². The van der Waals surface area contributed by atoms with Crippen LogP contribution in [-0.2, 0) is 6.61 Å². The average Bonchev–Trinajstić information content (AvgIpc) is 2.85. The maximum absolute atomic E-state index is 12.9. The predicted octanol–water partition coefficient (Wildman–Crippen LogP) is 5.33. The molecule has 35 heavy (non-hydrogen) atoms. The number of amides is 1. The van der Waals surface area contributed by atoms with Crippen LogP contribution in [-0.4, -0.2) is 21.6 Å². The first-order valence-electron chi connectivity index (χ1n) is 10.7. The summed E-state index contributed by atoms with van der Waals surface area (Å²) in [7, 11) is 0. The number of aromatic nitrogens is 1. The van der Waals surface area contributed by atoms with E-state index in [1.165, 1.54) is 22.8 Å². The molecule has 0 aliphatic carbocycles. The number of carboxylic acids is 1. The molecule has 3 aromatic carbocycles. The van der Waals surface area contributed by atoms with Gasteiger partial charge in [-0.15, -0.1) is 0 Å². The lowest BCUT2D eigenvalue weighted by Crippen LogP contribution is -2.17. The molecule has 7 nitrogen and oxygen atoms in total. The molecule has 4 aromatic rings. The van der Waals surface area contributed by atoms with E-state index in [1.54, 1.807) is 66.9 Å². The molecular formula is C27H21ClN2O5. The third-order valence-electron chi connectivity index (χ3n) is 5.25. The summed E-state index contributed by atoms with van der Waals surface area (Å²) in [6.45, 7) is 2.07. The van der Waals surface area contributed by atoms with E-state index in [2.05, 4.69) is 5.32 Å². The van der Waals surface area contributed by atoms with Crippen LogP contribution in [0.4, 0.5) is 5.69 Å². The quantitative estimate of drug-likeness (QED) is 0.366. The molecule has 1 amide bonds. The van der Waals surface area contributed by atoms with Crippen LogP contribution in [0.5, 0.6) is 5.75 Å². The minimum atomic E-state index is -1.00. The van der Waals surface area contributed by atoms with Gasteiger partial charge >= 0.3 is 5.97 Å². The molecule has 4 rings (SSSR count). The fraction of sp³-hybridized carbons (Fsp3) is 0.0741. The highest BCUT2D eigenvalue weighted by molar-refractivity contribution is 6.31. The molecule has 0 bridgehead atoms. The molecule has 0 atom stereocenters. The van der Waals surface area contributed by atoms with E-state index in [9.17, 15) is 14.4 Å². The van der Waals surface area contributed by atoms with Crippen LogP contribution < -0.4 is 15.6 Å². The highest BCUT2D eigenvalue weighted by Crippen LogP contribution is 2.29. The maximum atomic E-state index is 12.9. The summed E-state index contributed by atoms with van der Waals surface area (Å²) >= 11 is 6.13. The van der Waals surface area contributed by atoms with E-state index in [0.717, 1.165) is 11.1 Å². The van der Waals surface area contributed by atoms with Crippen LogP contribution in [0.25, 0.3) is 5.69 Å². The average molecular weight is 489 g/mol. The van der Waals surface area contributed by atoms with E-state index in [4.69, 9.17) is 21.4 Å². The Balaban J connectivity index is 1.49. The summed E-state index contributed by atoms with van der Waals surface area (Å²) in [4.78, 5) is 36.0. The predicted molar refractivity (Wildman–Crippen MR) is 134 cm³/mol. The van der Waals surface area contributed by atoms with E-state index in [0.29, 0.717) is 27.7 Å². The Labute approximate surface area is 206 Å². The number of aromatic carboxylic acids is 1. The van der Waals surface area contributed by atoms with E-state index in [1.807, 2.05) is 6.92 Å². The lowest BCUT2D eigenvalue weighted by atomic mass is 10.1. The number of hydrogen-bond acceptors (Lipinski definition) is 4. The lowest BCUT2D eigenvalue weighted by Gasteiger charge is -2.14. The monoisotopic (exact) mass is 488 g/mol. The van der Waals surface area contributed by atoms with Crippen molar-refractivity contribution in [1.29, 1.82) is 0 Å². The smallest absolute Gasteiger partial charge is 0.335 e. The van der Waals surface area contributed by atoms with Gasteiger partial charge < -0.3 is 15.2 Å². The van der Waals surface area contributed by atoms with Crippen LogP contribution in [0.1, 0.15) is 31.8 Å². The zero-order chi connectivity index (χ0) is 24.9. The van der Waals surface area contributed by atoms with Crippen LogP contribution in [0.15, 0.2) is 89.9 Å². The molecule has 1 heterocycles. The Bertz CT molecular complexity index is 1440. The number of benzene rings is 3. The van der Waals surface area contributed by atoms with Gasteiger partial charge in [0.2, 0.25) is 0 Å². The van der Waals surface area contributed by atoms with Gasteiger partial charge in [-0.25, -0.2) is 4.79 Å².